The van der Waals surface area contributed by atoms with Crippen LogP contribution < -0.4 is 5.32 Å². The van der Waals surface area contributed by atoms with Gasteiger partial charge in [0.25, 0.3) is 5.91 Å². The molecular weight excluding hydrogens is 347 g/mol. The van der Waals surface area contributed by atoms with E-state index in [1.54, 1.807) is 26.0 Å². The molecule has 0 atom stereocenters. The number of halogens is 1. The lowest BCUT2D eigenvalue weighted by molar-refractivity contribution is -0.163. The largest absolute Gasteiger partial charge is 0.450 e. The molecule has 0 bridgehead atoms. The van der Waals surface area contributed by atoms with Crippen LogP contribution in [0.4, 0.5) is 4.39 Å². The van der Waals surface area contributed by atoms with Crippen molar-refractivity contribution in [2.45, 2.75) is 70.1 Å². The van der Waals surface area contributed by atoms with E-state index in [4.69, 9.17) is 4.74 Å². The Morgan fingerprint density at radius 3 is 2.44 bits per heavy atom. The first-order valence-electron chi connectivity index (χ1n) is 9.46. The van der Waals surface area contributed by atoms with Gasteiger partial charge in [0.1, 0.15) is 5.82 Å². The van der Waals surface area contributed by atoms with E-state index in [-0.39, 0.29) is 23.3 Å². The molecule has 1 fully saturated rings. The molecule has 1 aliphatic rings. The number of amides is 1. The average Bonchev–Trinajstić information content (AvgIpc) is 2.55. The maximum absolute atomic E-state index is 13.6. The topological polar surface area (TPSA) is 58.6 Å². The van der Waals surface area contributed by atoms with Crippen LogP contribution in [-0.2, 0) is 20.7 Å². The van der Waals surface area contributed by atoms with Crippen LogP contribution in [0.5, 0.6) is 0 Å². The Morgan fingerprint density at radius 2 is 1.93 bits per heavy atom. The van der Waals surface area contributed by atoms with Crippen molar-refractivity contribution in [3.8, 4) is 0 Å². The normalized spacial score (nSPS) is 23.1. The van der Waals surface area contributed by atoms with Gasteiger partial charge in [-0.25, -0.2) is 4.39 Å². The van der Waals surface area contributed by atoms with Crippen LogP contribution >= 0.6 is 0 Å². The summed E-state index contributed by atoms with van der Waals surface area (Å²) in [5.41, 5.74) is -0.244. The first-order valence-corrected chi connectivity index (χ1v) is 9.46. The van der Waals surface area contributed by atoms with Crippen molar-refractivity contribution >= 4 is 11.9 Å². The van der Waals surface area contributed by atoms with E-state index in [0.29, 0.717) is 0 Å². The minimum Gasteiger partial charge on any atom is -0.450 e. The standard InChI is InChI=1S/C21H31FN2O3/c1-15(25)27-20(2,3)19(26)23-18-9-11-21(12-10-18,24(4)5)14-16-7-6-8-17(22)13-16/h6-8,13,18H,9-12,14H2,1-5H3,(H,23,26). The Kier molecular flexibility index (Phi) is 6.63. The molecule has 0 radical (unpaired) electrons. The van der Waals surface area contributed by atoms with Crippen LogP contribution in [-0.4, -0.2) is 48.1 Å². The van der Waals surface area contributed by atoms with Crippen molar-refractivity contribution in [3.63, 3.8) is 0 Å². The molecule has 1 aromatic rings. The third-order valence-electron chi connectivity index (χ3n) is 5.57. The fourth-order valence-corrected chi connectivity index (χ4v) is 3.87. The number of nitrogens with one attached hydrogen (secondary N) is 1. The van der Waals surface area contributed by atoms with Crippen molar-refractivity contribution in [1.82, 2.24) is 10.2 Å². The summed E-state index contributed by atoms with van der Waals surface area (Å²) in [7, 11) is 4.12. The van der Waals surface area contributed by atoms with Crippen molar-refractivity contribution in [1.29, 1.82) is 0 Å². The van der Waals surface area contributed by atoms with E-state index in [2.05, 4.69) is 24.3 Å². The van der Waals surface area contributed by atoms with Gasteiger partial charge in [0.15, 0.2) is 5.60 Å². The summed E-state index contributed by atoms with van der Waals surface area (Å²) in [6, 6.07) is 6.82. The number of ether oxygens (including phenoxy) is 1. The van der Waals surface area contributed by atoms with Crippen molar-refractivity contribution in [3.05, 3.63) is 35.6 Å². The smallest absolute Gasteiger partial charge is 0.303 e. The van der Waals surface area contributed by atoms with Gasteiger partial charge in [-0.15, -0.1) is 0 Å². The summed E-state index contributed by atoms with van der Waals surface area (Å²) in [5.74, 6) is -0.958. The molecule has 0 unspecified atom stereocenters. The number of nitrogens with zero attached hydrogens (tertiary/aromatic N) is 1. The van der Waals surface area contributed by atoms with E-state index >= 15 is 0 Å². The maximum Gasteiger partial charge on any atom is 0.303 e. The van der Waals surface area contributed by atoms with Crippen molar-refractivity contribution in [2.75, 3.05) is 14.1 Å². The van der Waals surface area contributed by atoms with Gasteiger partial charge in [0.2, 0.25) is 0 Å². The zero-order valence-corrected chi connectivity index (χ0v) is 17.0. The van der Waals surface area contributed by atoms with Gasteiger partial charge in [0.05, 0.1) is 0 Å². The first kappa shape index (κ1) is 21.4. The second-order valence-corrected chi connectivity index (χ2v) is 8.28. The minimum atomic E-state index is -1.18. The van der Waals surface area contributed by atoms with E-state index in [9.17, 15) is 14.0 Å². The summed E-state index contributed by atoms with van der Waals surface area (Å²) in [6.45, 7) is 4.49. The van der Waals surface area contributed by atoms with Crippen molar-refractivity contribution in [2.24, 2.45) is 0 Å². The molecule has 27 heavy (non-hydrogen) atoms. The van der Waals surface area contributed by atoms with Crippen LogP contribution in [0.3, 0.4) is 0 Å². The lowest BCUT2D eigenvalue weighted by Crippen LogP contribution is -2.54. The number of hydrogen-bond acceptors (Lipinski definition) is 4. The van der Waals surface area contributed by atoms with Gasteiger partial charge < -0.3 is 15.0 Å². The molecule has 0 aromatic heterocycles. The quantitative estimate of drug-likeness (QED) is 0.773. The molecule has 1 aromatic carbocycles. The number of rotatable bonds is 6. The summed E-state index contributed by atoms with van der Waals surface area (Å²) in [5, 5.41) is 3.02. The van der Waals surface area contributed by atoms with Gasteiger partial charge >= 0.3 is 5.97 Å². The lowest BCUT2D eigenvalue weighted by Gasteiger charge is -2.45. The average molecular weight is 378 g/mol. The number of carbonyl (C=O) groups excluding carboxylic acids is 2. The van der Waals surface area contributed by atoms with E-state index in [0.717, 1.165) is 37.7 Å². The Bertz CT molecular complexity index is 680. The molecule has 1 aliphatic carbocycles. The fraction of sp³-hybridized carbons (Fsp3) is 0.619. The molecule has 1 saturated carbocycles. The Balaban J connectivity index is 2.00. The molecule has 6 heteroatoms. The molecule has 0 heterocycles. The number of likely N-dealkylation sites (N-methyl/N-ethyl adjacent to an activating group) is 1. The number of hydrogen-bond donors (Lipinski definition) is 1. The number of esters is 1. The monoisotopic (exact) mass is 378 g/mol. The van der Waals surface area contributed by atoms with Gasteiger partial charge in [-0.2, -0.15) is 0 Å². The molecule has 0 spiro atoms. The van der Waals surface area contributed by atoms with Gasteiger partial charge in [-0.3, -0.25) is 9.59 Å². The number of benzene rings is 1. The highest BCUT2D eigenvalue weighted by atomic mass is 19.1. The zero-order chi connectivity index (χ0) is 20.2. The first-order chi connectivity index (χ1) is 12.5. The minimum absolute atomic E-state index is 0.0490. The van der Waals surface area contributed by atoms with Gasteiger partial charge in [0, 0.05) is 18.5 Å². The molecule has 1 N–H and O–H groups in total. The highest BCUT2D eigenvalue weighted by Gasteiger charge is 2.39. The summed E-state index contributed by atoms with van der Waals surface area (Å²) >= 11 is 0. The highest BCUT2D eigenvalue weighted by molar-refractivity contribution is 5.86. The second-order valence-electron chi connectivity index (χ2n) is 8.28. The maximum atomic E-state index is 13.6. The SMILES string of the molecule is CC(=O)OC(C)(C)C(=O)NC1CCC(Cc2cccc(F)c2)(N(C)C)CC1. The van der Waals surface area contributed by atoms with E-state index in [1.807, 2.05) is 6.07 Å². The zero-order valence-electron chi connectivity index (χ0n) is 17.0. The fourth-order valence-electron chi connectivity index (χ4n) is 3.87. The summed E-state index contributed by atoms with van der Waals surface area (Å²) in [6.07, 6.45) is 4.23. The van der Waals surface area contributed by atoms with Crippen LogP contribution in [0.25, 0.3) is 0 Å². The Morgan fingerprint density at radius 1 is 1.30 bits per heavy atom. The molecular formula is C21H31FN2O3. The molecule has 1 amide bonds. The molecule has 5 nitrogen and oxygen atoms in total. The van der Waals surface area contributed by atoms with Crippen LogP contribution in [0.2, 0.25) is 0 Å². The third kappa shape index (κ3) is 5.51. The van der Waals surface area contributed by atoms with Crippen LogP contribution in [0.1, 0.15) is 52.0 Å². The Hall–Kier alpha value is -1.95. The predicted octanol–water partition coefficient (Wildman–Crippen LogP) is 3.07. The van der Waals surface area contributed by atoms with Gasteiger partial charge in [-0.05, 0) is 77.7 Å². The lowest BCUT2D eigenvalue weighted by atomic mass is 9.74. The van der Waals surface area contributed by atoms with Crippen LogP contribution in [0.15, 0.2) is 24.3 Å². The molecule has 2 rings (SSSR count). The van der Waals surface area contributed by atoms with Crippen molar-refractivity contribution < 1.29 is 18.7 Å². The van der Waals surface area contributed by atoms with E-state index in [1.165, 1.54) is 13.0 Å². The second kappa shape index (κ2) is 8.38. The van der Waals surface area contributed by atoms with Gasteiger partial charge in [-0.1, -0.05) is 12.1 Å². The molecule has 0 aliphatic heterocycles. The third-order valence-corrected chi connectivity index (χ3v) is 5.57. The molecule has 150 valence electrons. The predicted molar refractivity (Wildman–Crippen MR) is 103 cm³/mol. The number of carbonyl (C=O) groups is 2. The summed E-state index contributed by atoms with van der Waals surface area (Å²) < 4.78 is 18.7. The van der Waals surface area contributed by atoms with Crippen LogP contribution in [0, 0.1) is 5.82 Å². The summed E-state index contributed by atoms with van der Waals surface area (Å²) in [4.78, 5) is 25.9. The highest BCUT2D eigenvalue weighted by Crippen LogP contribution is 2.35. The Labute approximate surface area is 161 Å². The molecule has 0 saturated heterocycles. The van der Waals surface area contributed by atoms with E-state index < -0.39 is 11.6 Å².